The smallest absolute Gasteiger partial charge is 0.326 e. The maximum atomic E-state index is 12.0. The molecule has 108 valence electrons. The number of carbonyl (C=O) groups excluding carboxylic acids is 1. The quantitative estimate of drug-likeness (QED) is 0.801. The average Bonchev–Trinajstić information content (AvgIpc) is 2.47. The van der Waals surface area contributed by atoms with Gasteiger partial charge in [0.1, 0.15) is 6.04 Å². The van der Waals surface area contributed by atoms with Crippen LogP contribution in [0.1, 0.15) is 12.0 Å². The third-order valence-corrected chi connectivity index (χ3v) is 3.27. The number of benzene rings is 2. The van der Waals surface area contributed by atoms with Crippen molar-refractivity contribution in [3.8, 4) is 0 Å². The SMILES string of the molecule is C=CCC(NC(=O)Cc1cccc2ccccc12)C(=O)O. The molecule has 0 aliphatic carbocycles. The second-order valence-electron chi connectivity index (χ2n) is 4.80. The molecule has 0 aromatic heterocycles. The van der Waals surface area contributed by atoms with Gasteiger partial charge in [-0.25, -0.2) is 4.79 Å². The second-order valence-corrected chi connectivity index (χ2v) is 4.80. The molecule has 0 aliphatic rings. The number of carboxylic acids is 1. The van der Waals surface area contributed by atoms with E-state index in [1.807, 2.05) is 42.5 Å². The number of aliphatic carboxylic acids is 1. The van der Waals surface area contributed by atoms with Crippen molar-refractivity contribution in [2.75, 3.05) is 0 Å². The van der Waals surface area contributed by atoms with Crippen molar-refractivity contribution in [2.45, 2.75) is 18.9 Å². The van der Waals surface area contributed by atoms with Gasteiger partial charge in [-0.05, 0) is 22.8 Å². The number of carbonyl (C=O) groups is 2. The van der Waals surface area contributed by atoms with Crippen molar-refractivity contribution in [1.82, 2.24) is 5.32 Å². The van der Waals surface area contributed by atoms with E-state index in [4.69, 9.17) is 5.11 Å². The molecule has 0 fully saturated rings. The highest BCUT2D eigenvalue weighted by Crippen LogP contribution is 2.18. The Morgan fingerprint density at radius 3 is 2.62 bits per heavy atom. The van der Waals surface area contributed by atoms with Crippen LogP contribution >= 0.6 is 0 Å². The van der Waals surface area contributed by atoms with Gasteiger partial charge >= 0.3 is 5.97 Å². The first-order valence-electron chi connectivity index (χ1n) is 6.71. The number of hydrogen-bond donors (Lipinski definition) is 2. The maximum absolute atomic E-state index is 12.0. The summed E-state index contributed by atoms with van der Waals surface area (Å²) in [6, 6.07) is 12.6. The molecule has 0 saturated carbocycles. The van der Waals surface area contributed by atoms with Crippen LogP contribution in [0.15, 0.2) is 55.1 Å². The topological polar surface area (TPSA) is 66.4 Å². The molecule has 0 bridgehead atoms. The van der Waals surface area contributed by atoms with Gasteiger partial charge in [0, 0.05) is 0 Å². The molecule has 0 spiro atoms. The number of hydrogen-bond acceptors (Lipinski definition) is 2. The van der Waals surface area contributed by atoms with Crippen molar-refractivity contribution in [3.05, 3.63) is 60.7 Å². The van der Waals surface area contributed by atoms with Crippen LogP contribution in [0.2, 0.25) is 0 Å². The average molecular weight is 283 g/mol. The van der Waals surface area contributed by atoms with Crippen LogP contribution in [0.5, 0.6) is 0 Å². The Morgan fingerprint density at radius 1 is 1.19 bits per heavy atom. The first-order chi connectivity index (χ1) is 10.1. The van der Waals surface area contributed by atoms with Gasteiger partial charge in [-0.1, -0.05) is 48.5 Å². The van der Waals surface area contributed by atoms with Gasteiger partial charge in [0.25, 0.3) is 0 Å². The monoisotopic (exact) mass is 283 g/mol. The van der Waals surface area contributed by atoms with Gasteiger partial charge in [0.2, 0.25) is 5.91 Å². The predicted octanol–water partition coefficient (Wildman–Crippen LogP) is 2.53. The molecule has 1 unspecified atom stereocenters. The number of rotatable bonds is 6. The summed E-state index contributed by atoms with van der Waals surface area (Å²) in [5.74, 6) is -1.36. The van der Waals surface area contributed by atoms with E-state index in [0.29, 0.717) is 0 Å². The van der Waals surface area contributed by atoms with E-state index in [-0.39, 0.29) is 18.7 Å². The summed E-state index contributed by atoms with van der Waals surface area (Å²) in [6.07, 6.45) is 1.84. The standard InChI is InChI=1S/C17H17NO3/c1-2-6-15(17(20)21)18-16(19)11-13-9-5-8-12-7-3-4-10-14(12)13/h2-5,7-10,15H,1,6,11H2,(H,18,19)(H,20,21). The number of nitrogens with one attached hydrogen (secondary N) is 1. The lowest BCUT2D eigenvalue weighted by Crippen LogP contribution is -2.41. The number of amides is 1. The maximum Gasteiger partial charge on any atom is 0.326 e. The molecular weight excluding hydrogens is 266 g/mol. The number of fused-ring (bicyclic) bond motifs is 1. The van der Waals surface area contributed by atoms with Crippen molar-refractivity contribution < 1.29 is 14.7 Å². The highest BCUT2D eigenvalue weighted by atomic mass is 16.4. The molecule has 1 atom stereocenters. The minimum absolute atomic E-state index is 0.155. The molecule has 0 saturated heterocycles. The van der Waals surface area contributed by atoms with Crippen LogP contribution in [0.3, 0.4) is 0 Å². The van der Waals surface area contributed by atoms with E-state index in [2.05, 4.69) is 11.9 Å². The van der Waals surface area contributed by atoms with Gasteiger partial charge in [-0.15, -0.1) is 6.58 Å². The van der Waals surface area contributed by atoms with Gasteiger partial charge in [0.15, 0.2) is 0 Å². The summed E-state index contributed by atoms with van der Waals surface area (Å²) >= 11 is 0. The van der Waals surface area contributed by atoms with Crippen molar-refractivity contribution >= 4 is 22.6 Å². The lowest BCUT2D eigenvalue weighted by Gasteiger charge is -2.13. The zero-order valence-electron chi connectivity index (χ0n) is 11.6. The molecule has 21 heavy (non-hydrogen) atoms. The molecule has 2 rings (SSSR count). The van der Waals surface area contributed by atoms with Gasteiger partial charge in [0.05, 0.1) is 6.42 Å². The molecule has 2 aromatic carbocycles. The Hall–Kier alpha value is -2.62. The lowest BCUT2D eigenvalue weighted by atomic mass is 10.0. The van der Waals surface area contributed by atoms with Gasteiger partial charge < -0.3 is 10.4 Å². The molecule has 1 amide bonds. The highest BCUT2D eigenvalue weighted by Gasteiger charge is 2.18. The first-order valence-corrected chi connectivity index (χ1v) is 6.71. The molecule has 0 aliphatic heterocycles. The van der Waals surface area contributed by atoms with Crippen LogP contribution in [0, 0.1) is 0 Å². The van der Waals surface area contributed by atoms with Gasteiger partial charge in [-0.2, -0.15) is 0 Å². The minimum Gasteiger partial charge on any atom is -0.480 e. The molecule has 2 aromatic rings. The molecule has 4 heteroatoms. The molecule has 0 radical (unpaired) electrons. The van der Waals surface area contributed by atoms with Crippen LogP contribution in [0.4, 0.5) is 0 Å². The molecule has 0 heterocycles. The summed E-state index contributed by atoms with van der Waals surface area (Å²) in [6.45, 7) is 3.50. The zero-order chi connectivity index (χ0) is 15.2. The van der Waals surface area contributed by atoms with Crippen LogP contribution < -0.4 is 5.32 Å². The first kappa shape index (κ1) is 14.8. The molecule has 2 N–H and O–H groups in total. The second kappa shape index (κ2) is 6.70. The van der Waals surface area contributed by atoms with E-state index < -0.39 is 12.0 Å². The Morgan fingerprint density at radius 2 is 1.90 bits per heavy atom. The van der Waals surface area contributed by atoms with Crippen molar-refractivity contribution in [3.63, 3.8) is 0 Å². The number of carboxylic acid groups (broad SMARTS) is 1. The van der Waals surface area contributed by atoms with Crippen molar-refractivity contribution in [2.24, 2.45) is 0 Å². The van der Waals surface area contributed by atoms with Crippen LogP contribution in [-0.4, -0.2) is 23.0 Å². The van der Waals surface area contributed by atoms with E-state index in [0.717, 1.165) is 16.3 Å². The normalized spacial score (nSPS) is 11.8. The third-order valence-electron chi connectivity index (χ3n) is 3.27. The lowest BCUT2D eigenvalue weighted by molar-refractivity contribution is -0.141. The fourth-order valence-corrected chi connectivity index (χ4v) is 2.25. The predicted molar refractivity (Wildman–Crippen MR) is 82.0 cm³/mol. The largest absolute Gasteiger partial charge is 0.480 e. The van der Waals surface area contributed by atoms with Crippen LogP contribution in [-0.2, 0) is 16.0 Å². The van der Waals surface area contributed by atoms with Gasteiger partial charge in [-0.3, -0.25) is 4.79 Å². The summed E-state index contributed by atoms with van der Waals surface area (Å²) in [7, 11) is 0. The third kappa shape index (κ3) is 3.69. The zero-order valence-corrected chi connectivity index (χ0v) is 11.6. The minimum atomic E-state index is -1.05. The van der Waals surface area contributed by atoms with Crippen LogP contribution in [0.25, 0.3) is 10.8 Å². The summed E-state index contributed by atoms with van der Waals surface area (Å²) in [5.41, 5.74) is 0.883. The summed E-state index contributed by atoms with van der Waals surface area (Å²) < 4.78 is 0. The Labute approximate surface area is 123 Å². The molecular formula is C17H17NO3. The van der Waals surface area contributed by atoms with E-state index in [1.165, 1.54) is 6.08 Å². The Bertz CT molecular complexity index is 673. The summed E-state index contributed by atoms with van der Waals surface area (Å²) in [4.78, 5) is 23.1. The van der Waals surface area contributed by atoms with E-state index >= 15 is 0 Å². The highest BCUT2D eigenvalue weighted by molar-refractivity contribution is 5.91. The molecule has 4 nitrogen and oxygen atoms in total. The van der Waals surface area contributed by atoms with Crippen molar-refractivity contribution in [1.29, 1.82) is 0 Å². The Kier molecular flexibility index (Phi) is 4.72. The Balaban J connectivity index is 2.14. The van der Waals surface area contributed by atoms with E-state index in [1.54, 1.807) is 0 Å². The fourth-order valence-electron chi connectivity index (χ4n) is 2.25. The van der Waals surface area contributed by atoms with E-state index in [9.17, 15) is 9.59 Å². The fraction of sp³-hybridized carbons (Fsp3) is 0.176. The summed E-state index contributed by atoms with van der Waals surface area (Å²) in [5, 5.41) is 13.6.